The van der Waals surface area contributed by atoms with Gasteiger partial charge in [-0.2, -0.15) is 0 Å². The average molecular weight is 341 g/mol. The number of anilines is 1. The van der Waals surface area contributed by atoms with Crippen LogP contribution >= 0.6 is 0 Å². The molecule has 0 radical (unpaired) electrons. The Morgan fingerprint density at radius 1 is 1.32 bits per heavy atom. The van der Waals surface area contributed by atoms with Crippen LogP contribution in [0.2, 0.25) is 0 Å². The molecule has 25 heavy (non-hydrogen) atoms. The number of benzene rings is 1. The molecular weight excluding hydrogens is 318 g/mol. The second-order valence-corrected chi connectivity index (χ2v) is 6.81. The van der Waals surface area contributed by atoms with E-state index in [1.54, 1.807) is 18.2 Å². The molecule has 0 bridgehead atoms. The molecule has 0 saturated heterocycles. The summed E-state index contributed by atoms with van der Waals surface area (Å²) in [6.07, 6.45) is 1.66. The molecule has 1 N–H and O–H groups in total. The number of hydrogen-bond acceptors (Lipinski definition) is 4. The molecule has 2 amide bonds. The van der Waals surface area contributed by atoms with Gasteiger partial charge in [0.05, 0.1) is 32.1 Å². The molecule has 3 rings (SSSR count). The van der Waals surface area contributed by atoms with E-state index in [-0.39, 0.29) is 6.03 Å². The lowest BCUT2D eigenvalue weighted by atomic mass is 10.1. The standard InChI is InChI=1S/C19H23N3O3/c1-13-5-7-15(10-20-13)21-18(23)22-11-14-6-8-16(24-4)9-17(14)25-19(2,3)12-22/h5-10H,11-12H2,1-4H3,(H,21,23). The van der Waals surface area contributed by atoms with Crippen LogP contribution in [0, 0.1) is 6.92 Å². The Hall–Kier alpha value is -2.76. The summed E-state index contributed by atoms with van der Waals surface area (Å²) >= 11 is 0. The van der Waals surface area contributed by atoms with E-state index in [1.165, 1.54) is 0 Å². The van der Waals surface area contributed by atoms with Crippen molar-refractivity contribution in [3.63, 3.8) is 0 Å². The van der Waals surface area contributed by atoms with Crippen LogP contribution in [-0.4, -0.2) is 35.2 Å². The van der Waals surface area contributed by atoms with Crippen LogP contribution in [0.5, 0.6) is 11.5 Å². The van der Waals surface area contributed by atoms with Crippen molar-refractivity contribution in [2.75, 3.05) is 19.0 Å². The first-order valence-corrected chi connectivity index (χ1v) is 8.21. The highest BCUT2D eigenvalue weighted by molar-refractivity contribution is 5.89. The van der Waals surface area contributed by atoms with Crippen LogP contribution in [0.3, 0.4) is 0 Å². The quantitative estimate of drug-likeness (QED) is 0.906. The van der Waals surface area contributed by atoms with Crippen molar-refractivity contribution in [3.05, 3.63) is 47.8 Å². The van der Waals surface area contributed by atoms with Crippen molar-refractivity contribution in [3.8, 4) is 11.5 Å². The summed E-state index contributed by atoms with van der Waals surface area (Å²) in [5.74, 6) is 1.48. The first-order valence-electron chi connectivity index (χ1n) is 8.21. The van der Waals surface area contributed by atoms with Crippen LogP contribution in [-0.2, 0) is 6.54 Å². The molecule has 0 unspecified atom stereocenters. The third-order valence-corrected chi connectivity index (χ3v) is 4.04. The molecule has 1 aliphatic rings. The zero-order valence-electron chi connectivity index (χ0n) is 15.0. The van der Waals surface area contributed by atoms with E-state index in [4.69, 9.17) is 9.47 Å². The highest BCUT2D eigenvalue weighted by Gasteiger charge is 2.31. The van der Waals surface area contributed by atoms with Crippen molar-refractivity contribution in [1.29, 1.82) is 0 Å². The number of fused-ring (bicyclic) bond motifs is 1. The number of aromatic nitrogens is 1. The largest absolute Gasteiger partial charge is 0.497 e. The number of nitrogens with one attached hydrogen (secondary N) is 1. The fourth-order valence-electron chi connectivity index (χ4n) is 2.83. The van der Waals surface area contributed by atoms with Crippen molar-refractivity contribution in [1.82, 2.24) is 9.88 Å². The van der Waals surface area contributed by atoms with Gasteiger partial charge in [0.1, 0.15) is 17.1 Å². The smallest absolute Gasteiger partial charge is 0.322 e. The number of carbonyl (C=O) groups is 1. The Morgan fingerprint density at radius 3 is 2.80 bits per heavy atom. The first kappa shape index (κ1) is 17.1. The summed E-state index contributed by atoms with van der Waals surface area (Å²) in [6, 6.07) is 9.21. The van der Waals surface area contributed by atoms with Gasteiger partial charge in [-0.1, -0.05) is 0 Å². The molecule has 2 aromatic rings. The van der Waals surface area contributed by atoms with Crippen LogP contribution < -0.4 is 14.8 Å². The van der Waals surface area contributed by atoms with Crippen LogP contribution in [0.15, 0.2) is 36.5 Å². The van der Waals surface area contributed by atoms with Gasteiger partial charge in [-0.25, -0.2) is 4.79 Å². The average Bonchev–Trinajstić information content (AvgIpc) is 2.70. The molecule has 0 atom stereocenters. The number of rotatable bonds is 2. The van der Waals surface area contributed by atoms with Gasteiger partial charge in [0.25, 0.3) is 0 Å². The summed E-state index contributed by atoms with van der Waals surface area (Å²) in [5.41, 5.74) is 2.02. The fraction of sp³-hybridized carbons (Fsp3) is 0.368. The predicted octanol–water partition coefficient (Wildman–Crippen LogP) is 3.60. The van der Waals surface area contributed by atoms with Gasteiger partial charge < -0.3 is 19.7 Å². The number of amides is 2. The summed E-state index contributed by atoms with van der Waals surface area (Å²) in [4.78, 5) is 18.7. The molecule has 1 aliphatic heterocycles. The minimum atomic E-state index is -0.513. The lowest BCUT2D eigenvalue weighted by molar-refractivity contribution is 0.0833. The van der Waals surface area contributed by atoms with E-state index in [9.17, 15) is 4.79 Å². The number of hydrogen-bond donors (Lipinski definition) is 1. The number of urea groups is 1. The fourth-order valence-corrected chi connectivity index (χ4v) is 2.83. The SMILES string of the molecule is COc1ccc2c(c1)OC(C)(C)CN(C(=O)Nc1ccc(C)nc1)C2. The van der Waals surface area contributed by atoms with Crippen LogP contribution in [0.4, 0.5) is 10.5 Å². The van der Waals surface area contributed by atoms with E-state index in [0.29, 0.717) is 18.8 Å². The second-order valence-electron chi connectivity index (χ2n) is 6.81. The monoisotopic (exact) mass is 341 g/mol. The Balaban J connectivity index is 1.83. The molecule has 2 heterocycles. The summed E-state index contributed by atoms with van der Waals surface area (Å²) in [5, 5.41) is 2.90. The summed E-state index contributed by atoms with van der Waals surface area (Å²) < 4.78 is 11.4. The number of aryl methyl sites for hydroxylation is 1. The molecule has 6 nitrogen and oxygen atoms in total. The van der Waals surface area contributed by atoms with Crippen molar-refractivity contribution >= 4 is 11.7 Å². The molecule has 1 aromatic heterocycles. The Kier molecular flexibility index (Phi) is 4.53. The Morgan fingerprint density at radius 2 is 2.12 bits per heavy atom. The van der Waals surface area contributed by atoms with Gasteiger partial charge in [0.15, 0.2) is 0 Å². The Labute approximate surface area is 147 Å². The number of ether oxygens (including phenoxy) is 2. The first-order chi connectivity index (χ1) is 11.9. The third-order valence-electron chi connectivity index (χ3n) is 4.04. The molecule has 0 saturated carbocycles. The van der Waals surface area contributed by atoms with Gasteiger partial charge in [0, 0.05) is 17.3 Å². The normalized spacial score (nSPS) is 15.6. The van der Waals surface area contributed by atoms with Gasteiger partial charge in [-0.3, -0.25) is 4.98 Å². The molecule has 0 spiro atoms. The molecule has 6 heteroatoms. The molecule has 0 fully saturated rings. The molecule has 132 valence electrons. The van der Waals surface area contributed by atoms with Gasteiger partial charge in [-0.15, -0.1) is 0 Å². The Bertz CT molecular complexity index is 772. The lowest BCUT2D eigenvalue weighted by Crippen LogP contribution is -2.44. The second kappa shape index (κ2) is 6.63. The zero-order valence-corrected chi connectivity index (χ0v) is 15.0. The van der Waals surface area contributed by atoms with Gasteiger partial charge in [-0.05, 0) is 45.0 Å². The third kappa shape index (κ3) is 4.02. The zero-order chi connectivity index (χ0) is 18.0. The number of methoxy groups -OCH3 is 1. The van der Waals surface area contributed by atoms with Gasteiger partial charge in [0.2, 0.25) is 0 Å². The minimum Gasteiger partial charge on any atom is -0.497 e. The topological polar surface area (TPSA) is 63.7 Å². The predicted molar refractivity (Wildman–Crippen MR) is 96.1 cm³/mol. The summed E-state index contributed by atoms with van der Waals surface area (Å²) in [7, 11) is 1.62. The highest BCUT2D eigenvalue weighted by Crippen LogP contribution is 2.32. The minimum absolute atomic E-state index is 0.175. The van der Waals surface area contributed by atoms with Gasteiger partial charge >= 0.3 is 6.03 Å². The van der Waals surface area contributed by atoms with Crippen molar-refractivity contribution in [2.24, 2.45) is 0 Å². The van der Waals surface area contributed by atoms with E-state index in [1.807, 2.05) is 51.1 Å². The van der Waals surface area contributed by atoms with E-state index >= 15 is 0 Å². The highest BCUT2D eigenvalue weighted by atomic mass is 16.5. The molecule has 0 aliphatic carbocycles. The van der Waals surface area contributed by atoms with Crippen LogP contribution in [0.1, 0.15) is 25.1 Å². The summed E-state index contributed by atoms with van der Waals surface area (Å²) in [6.45, 7) is 6.78. The maximum atomic E-state index is 12.7. The van der Waals surface area contributed by atoms with Crippen LogP contribution in [0.25, 0.3) is 0 Å². The maximum absolute atomic E-state index is 12.7. The van der Waals surface area contributed by atoms with Crippen molar-refractivity contribution in [2.45, 2.75) is 32.9 Å². The molecular formula is C19H23N3O3. The van der Waals surface area contributed by atoms with Crippen molar-refractivity contribution < 1.29 is 14.3 Å². The number of carbonyl (C=O) groups excluding carboxylic acids is 1. The van der Waals surface area contributed by atoms with E-state index in [0.717, 1.165) is 22.8 Å². The maximum Gasteiger partial charge on any atom is 0.322 e. The number of nitrogens with zero attached hydrogens (tertiary/aromatic N) is 2. The number of pyridine rings is 1. The van der Waals surface area contributed by atoms with E-state index in [2.05, 4.69) is 10.3 Å². The molecule has 1 aromatic carbocycles. The lowest BCUT2D eigenvalue weighted by Gasteiger charge is -2.29. The van der Waals surface area contributed by atoms with E-state index < -0.39 is 5.60 Å².